The first-order valence-electron chi connectivity index (χ1n) is 6.77. The van der Waals surface area contributed by atoms with Gasteiger partial charge in [-0.1, -0.05) is 0 Å². The molecule has 5 aliphatic rings. The lowest BCUT2D eigenvalue weighted by atomic mass is 9.55. The van der Waals surface area contributed by atoms with Crippen LogP contribution in [0, 0.1) is 5.92 Å². The number of aliphatic hydroxyl groups excluding tert-OH is 4. The highest BCUT2D eigenvalue weighted by Crippen LogP contribution is 2.58. The predicted octanol–water partition coefficient (Wildman–Crippen LogP) is -5.52. The Morgan fingerprint density at radius 1 is 1.18 bits per heavy atom. The highest BCUT2D eigenvalue weighted by molar-refractivity contribution is 5.80. The lowest BCUT2D eigenvalue weighted by molar-refractivity contribution is -0.548. The molecular formula is C11H17N3O8. The lowest BCUT2D eigenvalue weighted by Gasteiger charge is -2.71. The topological polar surface area (TPSA) is 190 Å². The number of nitrogens with zero attached hydrogens (tertiary/aromatic N) is 1. The van der Waals surface area contributed by atoms with Crippen molar-refractivity contribution < 1.29 is 40.1 Å². The van der Waals surface area contributed by atoms with Gasteiger partial charge in [0.1, 0.15) is 29.5 Å². The van der Waals surface area contributed by atoms with E-state index in [-0.39, 0.29) is 5.96 Å². The fourth-order valence-electron chi connectivity index (χ4n) is 4.24. The SMILES string of the molecule is NC1=N[C@H](O)[C@@H]2[C@@H]3O[C@]4(O)O[C@@H]([C@@H](O)[C@@]2(N1)[C@@H]4O)[C@]3(O)CO. The molecule has 5 rings (SSSR count). The molecule has 0 amide bonds. The third-order valence-corrected chi connectivity index (χ3v) is 5.22. The summed E-state index contributed by atoms with van der Waals surface area (Å²) in [4.78, 5) is 3.70. The van der Waals surface area contributed by atoms with Gasteiger partial charge in [-0.3, -0.25) is 0 Å². The Morgan fingerprint density at radius 2 is 1.82 bits per heavy atom. The molecule has 124 valence electrons. The molecule has 11 nitrogen and oxygen atoms in total. The summed E-state index contributed by atoms with van der Waals surface area (Å²) in [6.07, 6.45) is -7.77. The monoisotopic (exact) mass is 319 g/mol. The number of aliphatic hydroxyl groups is 6. The van der Waals surface area contributed by atoms with Crippen molar-refractivity contribution in [3.05, 3.63) is 0 Å². The third-order valence-electron chi connectivity index (χ3n) is 5.22. The number of guanidine groups is 1. The van der Waals surface area contributed by atoms with E-state index in [1.807, 2.05) is 0 Å². The molecule has 3 saturated heterocycles. The second-order valence-electron chi connectivity index (χ2n) is 6.22. The highest BCUT2D eigenvalue weighted by atomic mass is 16.9. The predicted molar refractivity (Wildman–Crippen MR) is 65.7 cm³/mol. The Bertz CT molecular complexity index is 561. The molecular weight excluding hydrogens is 302 g/mol. The fourth-order valence-corrected chi connectivity index (χ4v) is 4.24. The van der Waals surface area contributed by atoms with E-state index in [4.69, 9.17) is 15.2 Å². The first-order chi connectivity index (χ1) is 10.2. The summed E-state index contributed by atoms with van der Waals surface area (Å²) in [7, 11) is 0. The minimum Gasteiger partial charge on any atom is -0.393 e. The molecule has 1 spiro atoms. The summed E-state index contributed by atoms with van der Waals surface area (Å²) >= 11 is 0. The van der Waals surface area contributed by atoms with Gasteiger partial charge in [0.2, 0.25) is 0 Å². The number of hydrogen-bond acceptors (Lipinski definition) is 11. The van der Waals surface area contributed by atoms with Crippen molar-refractivity contribution >= 4 is 5.96 Å². The molecule has 0 radical (unpaired) electrons. The molecule has 1 aliphatic carbocycles. The van der Waals surface area contributed by atoms with Gasteiger partial charge in [-0.15, -0.1) is 0 Å². The van der Waals surface area contributed by atoms with Crippen LogP contribution in [0.1, 0.15) is 0 Å². The van der Waals surface area contributed by atoms with E-state index in [0.29, 0.717) is 0 Å². The maximum atomic E-state index is 10.6. The highest BCUT2D eigenvalue weighted by Gasteiger charge is 2.82. The largest absolute Gasteiger partial charge is 0.393 e. The second kappa shape index (κ2) is 3.88. The molecule has 11 heteroatoms. The molecule has 4 aliphatic heterocycles. The average molecular weight is 319 g/mol. The summed E-state index contributed by atoms with van der Waals surface area (Å²) in [5, 5.41) is 64.3. The molecule has 1 saturated carbocycles. The van der Waals surface area contributed by atoms with E-state index in [9.17, 15) is 30.6 Å². The Morgan fingerprint density at radius 3 is 2.45 bits per heavy atom. The Balaban J connectivity index is 1.95. The van der Waals surface area contributed by atoms with Gasteiger partial charge in [0.05, 0.1) is 12.5 Å². The number of nitrogens with one attached hydrogen (secondary N) is 1. The van der Waals surface area contributed by atoms with E-state index in [1.165, 1.54) is 0 Å². The summed E-state index contributed by atoms with van der Waals surface area (Å²) in [5.74, 6) is -3.95. The normalized spacial score (nSPS) is 62.4. The maximum absolute atomic E-state index is 10.6. The van der Waals surface area contributed by atoms with Crippen LogP contribution in [-0.4, -0.2) is 91.0 Å². The molecule has 4 bridgehead atoms. The van der Waals surface area contributed by atoms with Crippen LogP contribution in [0.4, 0.5) is 0 Å². The molecule has 22 heavy (non-hydrogen) atoms. The zero-order valence-corrected chi connectivity index (χ0v) is 11.2. The number of hydrogen-bond donors (Lipinski definition) is 8. The van der Waals surface area contributed by atoms with Gasteiger partial charge >= 0.3 is 5.97 Å². The standard InChI is InChI=1S/C11H17N3O8/c12-8-13-6(17)2-4-9(19,1-15)5-3(16)10(2,14-8)7(18)11(20,21-4)22-5/h2-7,15-20H,1H2,(H3,12,13,14)/t2-,3+,4-,5-,6+,7-,9-,10+,11-/m0/s1. The summed E-state index contributed by atoms with van der Waals surface area (Å²) in [6, 6.07) is 0. The smallest absolute Gasteiger partial charge is 0.311 e. The molecule has 0 aromatic rings. The van der Waals surface area contributed by atoms with Gasteiger partial charge in [0, 0.05) is 0 Å². The van der Waals surface area contributed by atoms with Gasteiger partial charge in [0.15, 0.2) is 18.3 Å². The summed E-state index contributed by atoms with van der Waals surface area (Å²) in [6.45, 7) is -0.857. The van der Waals surface area contributed by atoms with Gasteiger partial charge in [-0.2, -0.15) is 0 Å². The van der Waals surface area contributed by atoms with Crippen molar-refractivity contribution in [2.75, 3.05) is 6.61 Å². The minimum atomic E-state index is -2.52. The lowest BCUT2D eigenvalue weighted by Crippen LogP contribution is -2.95. The van der Waals surface area contributed by atoms with Crippen LogP contribution in [-0.2, 0) is 9.47 Å². The third kappa shape index (κ3) is 1.28. The number of ether oxygens (including phenoxy) is 2. The van der Waals surface area contributed by atoms with Crippen LogP contribution in [0.25, 0.3) is 0 Å². The van der Waals surface area contributed by atoms with E-state index >= 15 is 0 Å². The van der Waals surface area contributed by atoms with E-state index in [1.54, 1.807) is 0 Å². The Hall–Kier alpha value is -1.05. The molecule has 9 N–H and O–H groups in total. The first kappa shape index (κ1) is 14.5. The zero-order chi connectivity index (χ0) is 16.1. The summed E-state index contributed by atoms with van der Waals surface area (Å²) < 4.78 is 10.3. The Labute approximate surface area is 123 Å². The molecule has 0 unspecified atom stereocenters. The van der Waals surface area contributed by atoms with Crippen LogP contribution >= 0.6 is 0 Å². The first-order valence-corrected chi connectivity index (χ1v) is 6.77. The number of rotatable bonds is 1. The van der Waals surface area contributed by atoms with Crippen molar-refractivity contribution in [3.8, 4) is 0 Å². The molecule has 9 atom stereocenters. The van der Waals surface area contributed by atoms with Gasteiger partial charge in [-0.05, 0) is 0 Å². The van der Waals surface area contributed by atoms with E-state index in [2.05, 4.69) is 10.3 Å². The van der Waals surface area contributed by atoms with Crippen molar-refractivity contribution in [3.63, 3.8) is 0 Å². The van der Waals surface area contributed by atoms with Crippen LogP contribution in [0.2, 0.25) is 0 Å². The summed E-state index contributed by atoms with van der Waals surface area (Å²) in [5.41, 5.74) is 1.74. The number of aliphatic imine (C=N–C) groups is 1. The van der Waals surface area contributed by atoms with Crippen molar-refractivity contribution in [2.24, 2.45) is 16.6 Å². The zero-order valence-electron chi connectivity index (χ0n) is 11.2. The van der Waals surface area contributed by atoms with E-state index in [0.717, 1.165) is 0 Å². The Kier molecular flexibility index (Phi) is 2.57. The van der Waals surface area contributed by atoms with Crippen LogP contribution < -0.4 is 11.1 Å². The average Bonchev–Trinajstić information content (AvgIpc) is 2.45. The van der Waals surface area contributed by atoms with Crippen molar-refractivity contribution in [1.82, 2.24) is 5.32 Å². The molecule has 4 heterocycles. The van der Waals surface area contributed by atoms with Crippen molar-refractivity contribution in [2.45, 2.75) is 47.8 Å². The maximum Gasteiger partial charge on any atom is 0.311 e. The molecule has 4 fully saturated rings. The number of nitrogens with two attached hydrogens (primary N) is 1. The van der Waals surface area contributed by atoms with Crippen molar-refractivity contribution in [1.29, 1.82) is 0 Å². The van der Waals surface area contributed by atoms with Gasteiger partial charge < -0.3 is 51.2 Å². The van der Waals surface area contributed by atoms with Gasteiger partial charge in [0.25, 0.3) is 0 Å². The molecule has 0 aromatic carbocycles. The molecule has 0 aromatic heterocycles. The van der Waals surface area contributed by atoms with Crippen LogP contribution in [0.15, 0.2) is 4.99 Å². The second-order valence-corrected chi connectivity index (χ2v) is 6.22. The quantitative estimate of drug-likeness (QED) is 0.231. The van der Waals surface area contributed by atoms with Crippen LogP contribution in [0.5, 0.6) is 0 Å². The fraction of sp³-hybridized carbons (Fsp3) is 0.909. The van der Waals surface area contributed by atoms with Gasteiger partial charge in [-0.25, -0.2) is 4.99 Å². The van der Waals surface area contributed by atoms with Crippen LogP contribution in [0.3, 0.4) is 0 Å². The minimum absolute atomic E-state index is 0.250. The van der Waals surface area contributed by atoms with E-state index < -0.39 is 60.3 Å².